The number of aliphatic hydroxyl groups excluding tert-OH is 1. The first-order valence-electron chi connectivity index (χ1n) is 4.77. The van der Waals surface area contributed by atoms with Crippen LogP contribution in [0.15, 0.2) is 11.4 Å². The quantitative estimate of drug-likeness (QED) is 0.671. The Kier molecular flexibility index (Phi) is 5.78. The summed E-state index contributed by atoms with van der Waals surface area (Å²) in [5.41, 5.74) is 1.35. The number of hydrogen-bond acceptors (Lipinski definition) is 4. The zero-order valence-electron chi connectivity index (χ0n) is 8.45. The van der Waals surface area contributed by atoms with Gasteiger partial charge >= 0.3 is 0 Å². The van der Waals surface area contributed by atoms with Crippen LogP contribution in [0.1, 0.15) is 10.4 Å². The van der Waals surface area contributed by atoms with Gasteiger partial charge in [0, 0.05) is 18.0 Å². The Morgan fingerprint density at radius 3 is 3.00 bits per heavy atom. The molecule has 0 aliphatic carbocycles. The maximum atomic E-state index is 8.47. The minimum atomic E-state index is 0.101. The minimum absolute atomic E-state index is 0.101. The van der Waals surface area contributed by atoms with Crippen molar-refractivity contribution in [2.45, 2.75) is 13.5 Å². The Bertz CT molecular complexity index is 250. The predicted octanol–water partition coefficient (Wildman–Crippen LogP) is 1.16. The number of aryl methyl sites for hydroxylation is 1. The van der Waals surface area contributed by atoms with Crippen LogP contribution < -0.4 is 5.32 Å². The monoisotopic (exact) mass is 215 g/mol. The Morgan fingerprint density at radius 2 is 2.36 bits per heavy atom. The van der Waals surface area contributed by atoms with Crippen LogP contribution >= 0.6 is 11.3 Å². The van der Waals surface area contributed by atoms with Crippen molar-refractivity contribution >= 4 is 11.3 Å². The van der Waals surface area contributed by atoms with Gasteiger partial charge in [0.05, 0.1) is 19.8 Å². The minimum Gasteiger partial charge on any atom is -0.394 e. The number of thiophene rings is 1. The average molecular weight is 215 g/mol. The van der Waals surface area contributed by atoms with Crippen molar-refractivity contribution < 1.29 is 9.84 Å². The SMILES string of the molecule is Cc1ccsc1CNCCOCCO. The molecule has 4 heteroatoms. The van der Waals surface area contributed by atoms with Gasteiger partial charge in [0.2, 0.25) is 0 Å². The van der Waals surface area contributed by atoms with Crippen molar-refractivity contribution in [3.05, 3.63) is 21.9 Å². The van der Waals surface area contributed by atoms with E-state index in [0.29, 0.717) is 13.2 Å². The molecule has 0 bridgehead atoms. The first-order valence-corrected chi connectivity index (χ1v) is 5.65. The fraction of sp³-hybridized carbons (Fsp3) is 0.600. The highest BCUT2D eigenvalue weighted by atomic mass is 32.1. The Balaban J connectivity index is 2.02. The average Bonchev–Trinajstić information content (AvgIpc) is 2.58. The predicted molar refractivity (Wildman–Crippen MR) is 58.7 cm³/mol. The fourth-order valence-corrected chi connectivity index (χ4v) is 1.97. The summed E-state index contributed by atoms with van der Waals surface area (Å²) in [6.45, 7) is 5.05. The van der Waals surface area contributed by atoms with Crippen molar-refractivity contribution in [1.82, 2.24) is 5.32 Å². The van der Waals surface area contributed by atoms with Crippen LogP contribution in [-0.2, 0) is 11.3 Å². The summed E-state index contributed by atoms with van der Waals surface area (Å²) in [5, 5.41) is 13.9. The van der Waals surface area contributed by atoms with Gasteiger partial charge in [0.15, 0.2) is 0 Å². The Labute approximate surface area is 88.7 Å². The second-order valence-electron chi connectivity index (χ2n) is 3.04. The second-order valence-corrected chi connectivity index (χ2v) is 4.04. The molecule has 0 saturated carbocycles. The van der Waals surface area contributed by atoms with Crippen LogP contribution in [-0.4, -0.2) is 31.5 Å². The molecule has 1 heterocycles. The number of rotatable bonds is 7. The lowest BCUT2D eigenvalue weighted by molar-refractivity contribution is 0.0938. The number of hydrogen-bond donors (Lipinski definition) is 2. The highest BCUT2D eigenvalue weighted by Crippen LogP contribution is 2.14. The van der Waals surface area contributed by atoms with E-state index >= 15 is 0 Å². The first-order chi connectivity index (χ1) is 6.84. The maximum absolute atomic E-state index is 8.47. The van der Waals surface area contributed by atoms with Crippen molar-refractivity contribution in [2.75, 3.05) is 26.4 Å². The molecule has 0 radical (unpaired) electrons. The Hall–Kier alpha value is -0.420. The molecular weight excluding hydrogens is 198 g/mol. The topological polar surface area (TPSA) is 41.5 Å². The molecule has 0 fully saturated rings. The van der Waals surface area contributed by atoms with E-state index in [1.165, 1.54) is 10.4 Å². The van der Waals surface area contributed by atoms with E-state index in [1.54, 1.807) is 11.3 Å². The van der Waals surface area contributed by atoms with Gasteiger partial charge in [0.1, 0.15) is 0 Å². The van der Waals surface area contributed by atoms with E-state index < -0.39 is 0 Å². The van der Waals surface area contributed by atoms with E-state index in [0.717, 1.165) is 13.1 Å². The van der Waals surface area contributed by atoms with Crippen LogP contribution in [0.25, 0.3) is 0 Å². The molecule has 2 N–H and O–H groups in total. The van der Waals surface area contributed by atoms with Crippen LogP contribution in [0.4, 0.5) is 0 Å². The van der Waals surface area contributed by atoms with Crippen LogP contribution in [0.2, 0.25) is 0 Å². The van der Waals surface area contributed by atoms with Crippen LogP contribution in [0.3, 0.4) is 0 Å². The normalized spacial score (nSPS) is 10.7. The van der Waals surface area contributed by atoms with E-state index in [-0.39, 0.29) is 6.61 Å². The maximum Gasteiger partial charge on any atom is 0.0698 e. The molecule has 0 aromatic carbocycles. The standard InChI is InChI=1S/C10H17NO2S/c1-9-2-7-14-10(9)8-11-3-5-13-6-4-12/h2,7,11-12H,3-6,8H2,1H3. The van der Waals surface area contributed by atoms with Gasteiger partial charge in [-0.05, 0) is 23.9 Å². The third kappa shape index (κ3) is 4.19. The third-order valence-corrected chi connectivity index (χ3v) is 2.94. The van der Waals surface area contributed by atoms with Gasteiger partial charge in [0.25, 0.3) is 0 Å². The zero-order chi connectivity index (χ0) is 10.2. The van der Waals surface area contributed by atoms with Gasteiger partial charge in [-0.15, -0.1) is 11.3 Å². The molecule has 3 nitrogen and oxygen atoms in total. The van der Waals surface area contributed by atoms with Gasteiger partial charge in [-0.3, -0.25) is 0 Å². The molecule has 0 unspecified atom stereocenters. The molecule has 1 rings (SSSR count). The molecular formula is C10H17NO2S. The van der Waals surface area contributed by atoms with Crippen molar-refractivity contribution in [3.8, 4) is 0 Å². The van der Waals surface area contributed by atoms with Crippen molar-refractivity contribution in [1.29, 1.82) is 0 Å². The summed E-state index contributed by atoms with van der Waals surface area (Å²) in [6.07, 6.45) is 0. The van der Waals surface area contributed by atoms with E-state index in [9.17, 15) is 0 Å². The summed E-state index contributed by atoms with van der Waals surface area (Å²) >= 11 is 1.77. The van der Waals surface area contributed by atoms with Gasteiger partial charge in [-0.1, -0.05) is 0 Å². The lowest BCUT2D eigenvalue weighted by Gasteiger charge is -2.04. The molecule has 14 heavy (non-hydrogen) atoms. The molecule has 0 atom stereocenters. The van der Waals surface area contributed by atoms with Gasteiger partial charge in [-0.2, -0.15) is 0 Å². The first kappa shape index (κ1) is 11.7. The van der Waals surface area contributed by atoms with E-state index in [4.69, 9.17) is 9.84 Å². The lowest BCUT2D eigenvalue weighted by Crippen LogP contribution is -2.19. The third-order valence-electron chi connectivity index (χ3n) is 1.91. The molecule has 0 amide bonds. The van der Waals surface area contributed by atoms with Gasteiger partial charge in [-0.25, -0.2) is 0 Å². The number of ether oxygens (including phenoxy) is 1. The van der Waals surface area contributed by atoms with Gasteiger partial charge < -0.3 is 15.2 Å². The molecule has 0 aliphatic rings. The van der Waals surface area contributed by atoms with E-state index in [2.05, 4.69) is 23.7 Å². The van der Waals surface area contributed by atoms with Crippen molar-refractivity contribution in [3.63, 3.8) is 0 Å². The fourth-order valence-electron chi connectivity index (χ4n) is 1.10. The molecule has 0 spiro atoms. The summed E-state index contributed by atoms with van der Waals surface area (Å²) in [6, 6.07) is 2.13. The highest BCUT2D eigenvalue weighted by molar-refractivity contribution is 7.10. The summed E-state index contributed by atoms with van der Waals surface area (Å²) in [4.78, 5) is 1.38. The largest absolute Gasteiger partial charge is 0.394 e. The molecule has 0 aliphatic heterocycles. The number of aliphatic hydroxyl groups is 1. The van der Waals surface area contributed by atoms with Crippen LogP contribution in [0, 0.1) is 6.92 Å². The molecule has 0 saturated heterocycles. The second kappa shape index (κ2) is 6.95. The Morgan fingerprint density at radius 1 is 1.50 bits per heavy atom. The van der Waals surface area contributed by atoms with E-state index in [1.807, 2.05) is 0 Å². The highest BCUT2D eigenvalue weighted by Gasteiger charge is 1.97. The zero-order valence-corrected chi connectivity index (χ0v) is 9.27. The molecule has 1 aromatic heterocycles. The lowest BCUT2D eigenvalue weighted by atomic mass is 10.3. The number of nitrogens with one attached hydrogen (secondary N) is 1. The smallest absolute Gasteiger partial charge is 0.0698 e. The summed E-state index contributed by atoms with van der Waals surface area (Å²) in [5.74, 6) is 0. The summed E-state index contributed by atoms with van der Waals surface area (Å²) < 4.78 is 5.12. The molecule has 80 valence electrons. The summed E-state index contributed by atoms with van der Waals surface area (Å²) in [7, 11) is 0. The molecule has 1 aromatic rings. The van der Waals surface area contributed by atoms with Crippen LogP contribution in [0.5, 0.6) is 0 Å². The van der Waals surface area contributed by atoms with Crippen molar-refractivity contribution in [2.24, 2.45) is 0 Å².